The fourth-order valence-electron chi connectivity index (χ4n) is 1.82. The van der Waals surface area contributed by atoms with Crippen molar-refractivity contribution in [3.63, 3.8) is 0 Å². The summed E-state index contributed by atoms with van der Waals surface area (Å²) in [5, 5.41) is 4.62. The molecule has 140 valence electrons. The molecule has 1 aromatic carbocycles. The SMILES string of the molecule is Cl.Cl.NCC(F)(F)CNC(=O)Cc1csc(Cc2ccc(F)cc2)n1. The van der Waals surface area contributed by atoms with Crippen molar-refractivity contribution in [1.29, 1.82) is 0 Å². The monoisotopic (exact) mass is 415 g/mol. The molecule has 0 unspecified atom stereocenters. The first-order valence-corrected chi connectivity index (χ1v) is 7.78. The number of halogens is 5. The second kappa shape index (κ2) is 10.6. The van der Waals surface area contributed by atoms with E-state index in [1.54, 1.807) is 17.5 Å². The third kappa shape index (κ3) is 8.04. The van der Waals surface area contributed by atoms with Crippen LogP contribution in [0.3, 0.4) is 0 Å². The van der Waals surface area contributed by atoms with Crippen molar-refractivity contribution in [2.24, 2.45) is 5.73 Å². The standard InChI is InChI=1S/C15H16F3N3OS.2ClH/c16-11-3-1-10(2-4-11)5-14-21-12(7-23-14)6-13(22)20-9-15(17,18)8-19;;/h1-4,7H,5-6,8-9,19H2,(H,20,22);2*1H. The number of rotatable bonds is 7. The average Bonchev–Trinajstić information content (AvgIpc) is 2.95. The van der Waals surface area contributed by atoms with E-state index >= 15 is 0 Å². The molecule has 2 rings (SSSR count). The molecule has 0 aliphatic carbocycles. The highest BCUT2D eigenvalue weighted by Gasteiger charge is 2.27. The smallest absolute Gasteiger partial charge is 0.277 e. The van der Waals surface area contributed by atoms with Crippen LogP contribution in [0, 0.1) is 5.82 Å². The predicted molar refractivity (Wildman–Crippen MR) is 96.5 cm³/mol. The molecule has 0 fully saturated rings. The van der Waals surface area contributed by atoms with Gasteiger partial charge in [0.15, 0.2) is 0 Å². The lowest BCUT2D eigenvalue weighted by Crippen LogP contribution is -2.42. The zero-order valence-corrected chi connectivity index (χ0v) is 15.5. The summed E-state index contributed by atoms with van der Waals surface area (Å²) in [6.45, 7) is -1.60. The van der Waals surface area contributed by atoms with Gasteiger partial charge < -0.3 is 11.1 Å². The summed E-state index contributed by atoms with van der Waals surface area (Å²) in [5.74, 6) is -3.94. The molecule has 0 radical (unpaired) electrons. The van der Waals surface area contributed by atoms with Crippen LogP contribution >= 0.6 is 36.2 Å². The van der Waals surface area contributed by atoms with E-state index in [9.17, 15) is 18.0 Å². The number of aromatic nitrogens is 1. The Morgan fingerprint density at radius 2 is 1.88 bits per heavy atom. The summed E-state index contributed by atoms with van der Waals surface area (Å²) in [5.41, 5.74) is 6.31. The van der Waals surface area contributed by atoms with Gasteiger partial charge >= 0.3 is 0 Å². The van der Waals surface area contributed by atoms with Gasteiger partial charge in [-0.3, -0.25) is 4.79 Å². The van der Waals surface area contributed by atoms with Crippen LogP contribution in [-0.2, 0) is 17.6 Å². The number of amides is 1. The quantitative estimate of drug-likeness (QED) is 0.730. The molecule has 2 aromatic rings. The van der Waals surface area contributed by atoms with Gasteiger partial charge in [0.05, 0.1) is 30.2 Å². The maximum Gasteiger partial charge on any atom is 0.277 e. The predicted octanol–water partition coefficient (Wildman–Crippen LogP) is 2.97. The summed E-state index contributed by atoms with van der Waals surface area (Å²) in [6.07, 6.45) is 0.457. The van der Waals surface area contributed by atoms with Crippen LogP contribution in [0.15, 0.2) is 29.6 Å². The van der Waals surface area contributed by atoms with E-state index in [4.69, 9.17) is 5.73 Å². The summed E-state index contributed by atoms with van der Waals surface area (Å²) >= 11 is 1.37. The number of nitrogens with zero attached hydrogens (tertiary/aromatic N) is 1. The number of carbonyl (C=O) groups excluding carboxylic acids is 1. The third-order valence-corrected chi connectivity index (χ3v) is 3.95. The molecular formula is C15H18Cl2F3N3OS. The van der Waals surface area contributed by atoms with Gasteiger partial charge in [0, 0.05) is 11.8 Å². The van der Waals surface area contributed by atoms with E-state index in [1.807, 2.05) is 0 Å². The van der Waals surface area contributed by atoms with Crippen molar-refractivity contribution < 1.29 is 18.0 Å². The Labute approximate surface area is 159 Å². The van der Waals surface area contributed by atoms with Crippen LogP contribution in [0.1, 0.15) is 16.3 Å². The first-order chi connectivity index (χ1) is 10.9. The van der Waals surface area contributed by atoms with Crippen molar-refractivity contribution in [2.45, 2.75) is 18.8 Å². The number of carbonyl (C=O) groups is 1. The van der Waals surface area contributed by atoms with E-state index in [-0.39, 0.29) is 37.1 Å². The van der Waals surface area contributed by atoms with Gasteiger partial charge in [-0.25, -0.2) is 18.2 Å². The minimum absolute atomic E-state index is 0. The topological polar surface area (TPSA) is 68.0 Å². The van der Waals surface area contributed by atoms with Crippen molar-refractivity contribution in [2.75, 3.05) is 13.1 Å². The molecule has 0 atom stereocenters. The zero-order chi connectivity index (χ0) is 16.9. The summed E-state index contributed by atoms with van der Waals surface area (Å²) in [4.78, 5) is 15.9. The Balaban J connectivity index is 0.00000288. The van der Waals surface area contributed by atoms with Crippen LogP contribution in [-0.4, -0.2) is 29.9 Å². The lowest BCUT2D eigenvalue weighted by molar-refractivity contribution is -0.122. The van der Waals surface area contributed by atoms with E-state index in [0.717, 1.165) is 10.6 Å². The van der Waals surface area contributed by atoms with Crippen molar-refractivity contribution in [3.05, 3.63) is 51.7 Å². The van der Waals surface area contributed by atoms with E-state index < -0.39 is 24.9 Å². The minimum atomic E-state index is -3.11. The number of hydrogen-bond acceptors (Lipinski definition) is 4. The molecule has 1 amide bonds. The van der Waals surface area contributed by atoms with Crippen LogP contribution < -0.4 is 11.1 Å². The Bertz CT molecular complexity index is 668. The number of benzene rings is 1. The summed E-state index contributed by atoms with van der Waals surface area (Å²) in [7, 11) is 0. The number of nitrogens with two attached hydrogens (primary N) is 1. The largest absolute Gasteiger partial charge is 0.350 e. The first-order valence-electron chi connectivity index (χ1n) is 6.90. The summed E-state index contributed by atoms with van der Waals surface area (Å²) in [6, 6.07) is 6.07. The van der Waals surface area contributed by atoms with Crippen LogP contribution in [0.2, 0.25) is 0 Å². The van der Waals surface area contributed by atoms with E-state index in [1.165, 1.54) is 23.5 Å². The van der Waals surface area contributed by atoms with Gasteiger partial charge in [-0.05, 0) is 17.7 Å². The minimum Gasteiger partial charge on any atom is -0.350 e. The molecule has 3 N–H and O–H groups in total. The maximum atomic E-state index is 12.9. The molecule has 10 heteroatoms. The second-order valence-corrected chi connectivity index (χ2v) is 5.99. The Kier molecular flexibility index (Phi) is 10.0. The summed E-state index contributed by atoms with van der Waals surface area (Å²) < 4.78 is 38.7. The lowest BCUT2D eigenvalue weighted by atomic mass is 10.1. The van der Waals surface area contributed by atoms with Crippen molar-refractivity contribution in [3.8, 4) is 0 Å². The highest BCUT2D eigenvalue weighted by atomic mass is 35.5. The zero-order valence-electron chi connectivity index (χ0n) is 13.0. The van der Waals surface area contributed by atoms with Gasteiger partial charge in [0.2, 0.25) is 5.91 Å². The molecule has 1 aromatic heterocycles. The van der Waals surface area contributed by atoms with E-state index in [0.29, 0.717) is 12.1 Å². The normalized spacial score (nSPS) is 10.6. The Hall–Kier alpha value is -1.35. The van der Waals surface area contributed by atoms with Gasteiger partial charge in [-0.15, -0.1) is 36.2 Å². The number of nitrogens with one attached hydrogen (secondary N) is 1. The molecule has 0 aliphatic heterocycles. The number of thiazole rings is 1. The maximum absolute atomic E-state index is 12.9. The molecule has 0 spiro atoms. The highest BCUT2D eigenvalue weighted by molar-refractivity contribution is 7.09. The third-order valence-electron chi connectivity index (χ3n) is 3.05. The molecule has 0 saturated carbocycles. The first kappa shape index (κ1) is 23.6. The van der Waals surface area contributed by atoms with Gasteiger partial charge in [-0.1, -0.05) is 12.1 Å². The van der Waals surface area contributed by atoms with Crippen LogP contribution in [0.4, 0.5) is 13.2 Å². The number of hydrogen-bond donors (Lipinski definition) is 2. The molecule has 1 heterocycles. The highest BCUT2D eigenvalue weighted by Crippen LogP contribution is 2.16. The fourth-order valence-corrected chi connectivity index (χ4v) is 2.64. The molecule has 0 aliphatic rings. The Morgan fingerprint density at radius 3 is 2.48 bits per heavy atom. The molecule has 25 heavy (non-hydrogen) atoms. The van der Waals surface area contributed by atoms with Gasteiger partial charge in [0.1, 0.15) is 5.82 Å². The molecular weight excluding hydrogens is 398 g/mol. The second-order valence-electron chi connectivity index (χ2n) is 5.05. The van der Waals surface area contributed by atoms with Gasteiger partial charge in [0.25, 0.3) is 5.92 Å². The van der Waals surface area contributed by atoms with Crippen LogP contribution in [0.5, 0.6) is 0 Å². The van der Waals surface area contributed by atoms with Crippen molar-refractivity contribution >= 4 is 42.1 Å². The lowest BCUT2D eigenvalue weighted by Gasteiger charge is -2.14. The average molecular weight is 416 g/mol. The fraction of sp³-hybridized carbons (Fsp3) is 0.333. The van der Waals surface area contributed by atoms with Crippen molar-refractivity contribution in [1.82, 2.24) is 10.3 Å². The van der Waals surface area contributed by atoms with Crippen LogP contribution in [0.25, 0.3) is 0 Å². The molecule has 4 nitrogen and oxygen atoms in total. The Morgan fingerprint density at radius 1 is 1.24 bits per heavy atom. The van der Waals surface area contributed by atoms with Gasteiger partial charge in [-0.2, -0.15) is 0 Å². The molecule has 0 saturated heterocycles. The van der Waals surface area contributed by atoms with E-state index in [2.05, 4.69) is 10.3 Å². The number of alkyl halides is 2. The molecule has 0 bridgehead atoms.